The highest BCUT2D eigenvalue weighted by atomic mass is 32.1. The highest BCUT2D eigenvalue weighted by Gasteiger charge is 2.27. The first kappa shape index (κ1) is 21.0. The molecule has 30 heavy (non-hydrogen) atoms. The monoisotopic (exact) mass is 432 g/mol. The number of likely N-dealkylation sites (N-methyl/N-ethyl adjacent to an activating group) is 1. The fourth-order valence-electron chi connectivity index (χ4n) is 4.21. The zero-order valence-corrected chi connectivity index (χ0v) is 18.8. The number of thiophene rings is 1. The fourth-order valence-corrected chi connectivity index (χ4v) is 5.32. The Morgan fingerprint density at radius 1 is 1.17 bits per heavy atom. The summed E-state index contributed by atoms with van der Waals surface area (Å²) in [6, 6.07) is 0. The van der Waals surface area contributed by atoms with Gasteiger partial charge in [0.05, 0.1) is 49.8 Å². The predicted octanol–water partition coefficient (Wildman–Crippen LogP) is -0.00458. The van der Waals surface area contributed by atoms with Crippen LogP contribution in [0.2, 0.25) is 0 Å². The molecular weight excluding hydrogens is 402 g/mol. The zero-order valence-electron chi connectivity index (χ0n) is 17.9. The Hall–Kier alpha value is -2.26. The molecule has 2 amide bonds. The number of quaternary nitrogens is 1. The van der Waals surface area contributed by atoms with E-state index in [1.54, 1.807) is 0 Å². The first-order valence-electron chi connectivity index (χ1n) is 10.7. The van der Waals surface area contributed by atoms with Gasteiger partial charge in [0.15, 0.2) is 0 Å². The fraction of sp³-hybridized carbons (Fsp3) is 0.619. The highest BCUT2D eigenvalue weighted by Crippen LogP contribution is 2.28. The maximum atomic E-state index is 13.1. The standard InChI is InChI=1S/C21H29N5O3S/c1-14-4-6-24(7-5-14)16(27)12-26-13-22-19-17(20(26)28)15(2)18(30-19)21(29)25-10-8-23(3)9-11-25/h13-14H,4-12H2,1-3H3/p+1. The smallest absolute Gasteiger partial charge is 0.264 e. The number of amides is 2. The minimum Gasteiger partial charge on any atom is -0.341 e. The van der Waals surface area contributed by atoms with Gasteiger partial charge in [0.1, 0.15) is 11.4 Å². The number of likely N-dealkylation sites (tertiary alicyclic amines) is 1. The number of piperidine rings is 1. The van der Waals surface area contributed by atoms with E-state index >= 15 is 0 Å². The topological polar surface area (TPSA) is 80.0 Å². The maximum absolute atomic E-state index is 13.1. The Morgan fingerprint density at radius 2 is 1.83 bits per heavy atom. The van der Waals surface area contributed by atoms with Crippen LogP contribution in [0.4, 0.5) is 0 Å². The molecule has 2 aromatic heterocycles. The lowest BCUT2D eigenvalue weighted by Gasteiger charge is -2.30. The predicted molar refractivity (Wildman–Crippen MR) is 116 cm³/mol. The Balaban J connectivity index is 1.57. The Bertz CT molecular complexity index is 1010. The number of aryl methyl sites for hydroxylation is 1. The van der Waals surface area contributed by atoms with Crippen LogP contribution in [-0.2, 0) is 11.3 Å². The number of carbonyl (C=O) groups is 2. The molecule has 0 radical (unpaired) electrons. The van der Waals surface area contributed by atoms with E-state index in [1.165, 1.54) is 27.1 Å². The van der Waals surface area contributed by atoms with Gasteiger partial charge in [0, 0.05) is 13.1 Å². The largest absolute Gasteiger partial charge is 0.341 e. The van der Waals surface area contributed by atoms with Gasteiger partial charge in [-0.25, -0.2) is 4.98 Å². The van der Waals surface area contributed by atoms with Crippen LogP contribution >= 0.6 is 11.3 Å². The van der Waals surface area contributed by atoms with Gasteiger partial charge in [0.2, 0.25) is 5.91 Å². The van der Waals surface area contributed by atoms with E-state index in [1.807, 2.05) is 16.7 Å². The molecule has 2 saturated heterocycles. The number of rotatable bonds is 3. The van der Waals surface area contributed by atoms with Crippen molar-refractivity contribution in [2.45, 2.75) is 33.2 Å². The highest BCUT2D eigenvalue weighted by molar-refractivity contribution is 7.20. The van der Waals surface area contributed by atoms with Crippen molar-refractivity contribution in [1.82, 2.24) is 19.4 Å². The third kappa shape index (κ3) is 4.00. The molecule has 0 spiro atoms. The van der Waals surface area contributed by atoms with E-state index in [4.69, 9.17) is 0 Å². The lowest BCUT2D eigenvalue weighted by Crippen LogP contribution is -3.12. The number of hydrogen-bond acceptors (Lipinski definition) is 5. The average Bonchev–Trinajstić information content (AvgIpc) is 3.07. The first-order valence-corrected chi connectivity index (χ1v) is 11.5. The van der Waals surface area contributed by atoms with E-state index in [2.05, 4.69) is 19.0 Å². The molecule has 0 atom stereocenters. The number of carbonyl (C=O) groups excluding carboxylic acids is 2. The van der Waals surface area contributed by atoms with E-state index in [-0.39, 0.29) is 23.9 Å². The molecule has 0 unspecified atom stereocenters. The summed E-state index contributed by atoms with van der Waals surface area (Å²) in [5, 5.41) is 0.464. The van der Waals surface area contributed by atoms with Gasteiger partial charge < -0.3 is 14.7 Å². The lowest BCUT2D eigenvalue weighted by molar-refractivity contribution is -0.883. The number of nitrogens with one attached hydrogen (secondary N) is 1. The number of hydrogen-bond donors (Lipinski definition) is 1. The number of nitrogens with zero attached hydrogens (tertiary/aromatic N) is 4. The van der Waals surface area contributed by atoms with Crippen LogP contribution in [-0.4, -0.2) is 77.5 Å². The molecule has 4 heterocycles. The van der Waals surface area contributed by atoms with Gasteiger partial charge in [-0.05, 0) is 31.2 Å². The molecule has 0 aliphatic carbocycles. The summed E-state index contributed by atoms with van der Waals surface area (Å²) in [4.78, 5) is 49.5. The van der Waals surface area contributed by atoms with Crippen LogP contribution in [0.3, 0.4) is 0 Å². The molecule has 2 fully saturated rings. The van der Waals surface area contributed by atoms with Crippen molar-refractivity contribution in [1.29, 1.82) is 0 Å². The molecule has 8 nitrogen and oxygen atoms in total. The SMILES string of the molecule is Cc1c(C(=O)N2CC[NH+](C)CC2)sc2ncn(CC(=O)N3CCC(C)CC3)c(=O)c12. The minimum atomic E-state index is -0.241. The van der Waals surface area contributed by atoms with Gasteiger partial charge in [-0.1, -0.05) is 6.92 Å². The first-order chi connectivity index (χ1) is 14.3. The Morgan fingerprint density at radius 3 is 2.50 bits per heavy atom. The van der Waals surface area contributed by atoms with Gasteiger partial charge in [-0.15, -0.1) is 11.3 Å². The van der Waals surface area contributed by atoms with E-state index in [9.17, 15) is 14.4 Å². The summed E-state index contributed by atoms with van der Waals surface area (Å²) in [5.41, 5.74) is 0.437. The second-order valence-electron chi connectivity index (χ2n) is 8.73. The molecule has 0 bridgehead atoms. The summed E-state index contributed by atoms with van der Waals surface area (Å²) in [5.74, 6) is 0.572. The Kier molecular flexibility index (Phi) is 5.92. The molecule has 2 aliphatic rings. The lowest BCUT2D eigenvalue weighted by atomic mass is 9.99. The maximum Gasteiger partial charge on any atom is 0.264 e. The van der Waals surface area contributed by atoms with Crippen LogP contribution in [0.15, 0.2) is 11.1 Å². The molecular formula is C21H30N5O3S+. The third-order valence-electron chi connectivity index (χ3n) is 6.46. The molecule has 4 rings (SSSR count). The molecule has 9 heteroatoms. The molecule has 1 N–H and O–H groups in total. The number of aromatic nitrogens is 2. The van der Waals surface area contributed by atoms with Crippen molar-refractivity contribution >= 4 is 33.4 Å². The summed E-state index contributed by atoms with van der Waals surface area (Å²) in [6.07, 6.45) is 3.44. The molecule has 2 aromatic rings. The van der Waals surface area contributed by atoms with Crippen LogP contribution in [0, 0.1) is 12.8 Å². The van der Waals surface area contributed by atoms with Crippen molar-refractivity contribution in [2.24, 2.45) is 5.92 Å². The zero-order chi connectivity index (χ0) is 21.4. The van der Waals surface area contributed by atoms with E-state index < -0.39 is 0 Å². The quantitative estimate of drug-likeness (QED) is 0.740. The minimum absolute atomic E-state index is 0.00401. The summed E-state index contributed by atoms with van der Waals surface area (Å²) in [6.45, 7) is 8.80. The number of fused-ring (bicyclic) bond motifs is 1. The second kappa shape index (κ2) is 8.47. The molecule has 162 valence electrons. The van der Waals surface area contributed by atoms with Gasteiger partial charge in [-0.2, -0.15) is 0 Å². The normalized spacial score (nSPS) is 18.9. The Labute approximate surface area is 180 Å². The van der Waals surface area contributed by atoms with Crippen LogP contribution < -0.4 is 10.5 Å². The van der Waals surface area contributed by atoms with Crippen LogP contribution in [0.1, 0.15) is 35.0 Å². The van der Waals surface area contributed by atoms with Crippen molar-refractivity contribution < 1.29 is 14.5 Å². The van der Waals surface area contributed by atoms with E-state index in [0.717, 1.165) is 52.1 Å². The molecule has 0 aromatic carbocycles. The number of piperazine rings is 1. The van der Waals surface area contributed by atoms with Crippen molar-refractivity contribution in [3.05, 3.63) is 27.1 Å². The second-order valence-corrected chi connectivity index (χ2v) is 9.73. The van der Waals surface area contributed by atoms with Crippen molar-refractivity contribution in [3.8, 4) is 0 Å². The third-order valence-corrected chi connectivity index (χ3v) is 7.65. The molecule has 0 saturated carbocycles. The summed E-state index contributed by atoms with van der Waals surface area (Å²) < 4.78 is 1.38. The summed E-state index contributed by atoms with van der Waals surface area (Å²) >= 11 is 1.28. The summed E-state index contributed by atoms with van der Waals surface area (Å²) in [7, 11) is 2.13. The van der Waals surface area contributed by atoms with Crippen LogP contribution in [0.25, 0.3) is 10.2 Å². The van der Waals surface area contributed by atoms with Crippen LogP contribution in [0.5, 0.6) is 0 Å². The van der Waals surface area contributed by atoms with Gasteiger partial charge in [-0.3, -0.25) is 19.0 Å². The van der Waals surface area contributed by atoms with Gasteiger partial charge >= 0.3 is 0 Å². The van der Waals surface area contributed by atoms with Crippen molar-refractivity contribution in [3.63, 3.8) is 0 Å². The van der Waals surface area contributed by atoms with Gasteiger partial charge in [0.25, 0.3) is 11.5 Å². The average molecular weight is 433 g/mol. The molecule has 2 aliphatic heterocycles. The van der Waals surface area contributed by atoms with Crippen molar-refractivity contribution in [2.75, 3.05) is 46.3 Å². The van der Waals surface area contributed by atoms with E-state index in [0.29, 0.717) is 26.6 Å².